The molecule has 1 atom stereocenters. The number of thioether (sulfide) groups is 1. The van der Waals surface area contributed by atoms with Crippen molar-refractivity contribution in [1.82, 2.24) is 20.3 Å². The highest BCUT2D eigenvalue weighted by Gasteiger charge is 2.11. The van der Waals surface area contributed by atoms with E-state index >= 15 is 0 Å². The van der Waals surface area contributed by atoms with Gasteiger partial charge in [-0.3, -0.25) is 14.6 Å². The van der Waals surface area contributed by atoms with Gasteiger partial charge in [-0.1, -0.05) is 42.1 Å². The van der Waals surface area contributed by atoms with Crippen molar-refractivity contribution in [2.45, 2.75) is 37.9 Å². The molecule has 0 bridgehead atoms. The summed E-state index contributed by atoms with van der Waals surface area (Å²) >= 11 is 1.23. The van der Waals surface area contributed by atoms with E-state index in [1.807, 2.05) is 38.1 Å². The molecule has 6 nitrogen and oxygen atoms in total. The highest BCUT2D eigenvalue weighted by Crippen LogP contribution is 2.15. The first-order chi connectivity index (χ1) is 12.5. The van der Waals surface area contributed by atoms with Crippen molar-refractivity contribution in [2.75, 3.05) is 5.75 Å². The Bertz CT molecular complexity index is 949. The lowest BCUT2D eigenvalue weighted by molar-refractivity contribution is -0.119. The van der Waals surface area contributed by atoms with Gasteiger partial charge in [0.2, 0.25) is 5.91 Å². The number of hydrogen-bond acceptors (Lipinski definition) is 4. The molecule has 0 fully saturated rings. The van der Waals surface area contributed by atoms with Crippen LogP contribution < -0.4 is 10.9 Å². The lowest BCUT2D eigenvalue weighted by Gasteiger charge is -2.13. The Hall–Kier alpha value is -2.54. The maximum absolute atomic E-state index is 12.1. The van der Waals surface area contributed by atoms with E-state index in [1.165, 1.54) is 17.3 Å². The molecular formula is C19H22N4O2S. The van der Waals surface area contributed by atoms with E-state index in [1.54, 1.807) is 0 Å². The van der Waals surface area contributed by atoms with Crippen molar-refractivity contribution >= 4 is 28.7 Å². The van der Waals surface area contributed by atoms with Crippen molar-refractivity contribution in [3.63, 3.8) is 0 Å². The highest BCUT2D eigenvalue weighted by atomic mass is 32.2. The van der Waals surface area contributed by atoms with Gasteiger partial charge in [-0.2, -0.15) is 0 Å². The normalized spacial score (nSPS) is 12.2. The molecule has 0 saturated heterocycles. The lowest BCUT2D eigenvalue weighted by Crippen LogP contribution is -2.34. The number of nitrogens with one attached hydrogen (secondary N) is 3. The number of carbonyl (C=O) groups is 1. The first-order valence-electron chi connectivity index (χ1n) is 8.57. The van der Waals surface area contributed by atoms with Crippen LogP contribution in [0.4, 0.5) is 0 Å². The topological polar surface area (TPSA) is 90.6 Å². The number of nitrogens with zero attached hydrogens (tertiary/aromatic N) is 1. The molecule has 0 unspecified atom stereocenters. The Balaban J connectivity index is 1.50. The van der Waals surface area contributed by atoms with E-state index in [9.17, 15) is 9.59 Å². The maximum atomic E-state index is 12.1. The molecule has 26 heavy (non-hydrogen) atoms. The van der Waals surface area contributed by atoms with E-state index in [0.29, 0.717) is 16.2 Å². The number of aryl methyl sites for hydroxylation is 2. The van der Waals surface area contributed by atoms with Crippen molar-refractivity contribution < 1.29 is 4.79 Å². The SMILES string of the molecule is Cc1cc2nc(SCC(=O)N[C@H](C)CCc3ccccc3)[nH]c(=O)c2[nH]1. The number of benzene rings is 1. The van der Waals surface area contributed by atoms with E-state index in [-0.39, 0.29) is 23.3 Å². The third kappa shape index (κ3) is 4.76. The molecule has 0 spiro atoms. The Morgan fingerprint density at radius 3 is 2.81 bits per heavy atom. The second-order valence-corrected chi connectivity index (χ2v) is 7.33. The fourth-order valence-corrected chi connectivity index (χ4v) is 3.43. The van der Waals surface area contributed by atoms with Gasteiger partial charge in [0.05, 0.1) is 11.3 Å². The molecule has 2 aromatic heterocycles. The number of rotatable bonds is 7. The number of H-pyrrole nitrogens is 2. The largest absolute Gasteiger partial charge is 0.353 e. The number of hydrogen-bond donors (Lipinski definition) is 3. The Labute approximate surface area is 155 Å². The minimum atomic E-state index is -0.220. The molecule has 0 aliphatic heterocycles. The summed E-state index contributed by atoms with van der Waals surface area (Å²) in [5.41, 5.74) is 3.00. The van der Waals surface area contributed by atoms with Gasteiger partial charge in [0.25, 0.3) is 5.56 Å². The van der Waals surface area contributed by atoms with Crippen molar-refractivity contribution in [2.24, 2.45) is 0 Å². The summed E-state index contributed by atoms with van der Waals surface area (Å²) in [6.45, 7) is 3.87. The summed E-state index contributed by atoms with van der Waals surface area (Å²) in [5.74, 6) is 0.150. The molecule has 1 aromatic carbocycles. The molecule has 1 amide bonds. The van der Waals surface area contributed by atoms with Gasteiger partial charge in [0, 0.05) is 11.7 Å². The van der Waals surface area contributed by atoms with Gasteiger partial charge < -0.3 is 10.3 Å². The highest BCUT2D eigenvalue weighted by molar-refractivity contribution is 7.99. The fraction of sp³-hybridized carbons (Fsp3) is 0.316. The average Bonchev–Trinajstić information content (AvgIpc) is 3.00. The average molecular weight is 370 g/mol. The summed E-state index contributed by atoms with van der Waals surface area (Å²) in [6, 6.07) is 12.1. The van der Waals surface area contributed by atoms with Gasteiger partial charge in [0.15, 0.2) is 5.16 Å². The van der Waals surface area contributed by atoms with Crippen LogP contribution in [0, 0.1) is 6.92 Å². The van der Waals surface area contributed by atoms with E-state index in [2.05, 4.69) is 32.4 Å². The van der Waals surface area contributed by atoms with Crippen LogP contribution in [-0.2, 0) is 11.2 Å². The molecule has 7 heteroatoms. The molecule has 0 saturated carbocycles. The van der Waals surface area contributed by atoms with Crippen LogP contribution in [0.5, 0.6) is 0 Å². The van der Waals surface area contributed by atoms with Crippen molar-refractivity contribution in [3.05, 3.63) is 58.0 Å². The fourth-order valence-electron chi connectivity index (χ4n) is 2.75. The number of fused-ring (bicyclic) bond motifs is 1. The van der Waals surface area contributed by atoms with Crippen LogP contribution in [-0.4, -0.2) is 32.7 Å². The van der Waals surface area contributed by atoms with Gasteiger partial charge in [-0.15, -0.1) is 0 Å². The van der Waals surface area contributed by atoms with Crippen LogP contribution in [0.25, 0.3) is 11.0 Å². The van der Waals surface area contributed by atoms with Crippen molar-refractivity contribution in [3.8, 4) is 0 Å². The molecule has 2 heterocycles. The predicted octanol–water partition coefficient (Wildman–Crippen LogP) is 2.79. The summed E-state index contributed by atoms with van der Waals surface area (Å²) < 4.78 is 0. The summed E-state index contributed by atoms with van der Waals surface area (Å²) in [5, 5.41) is 3.44. The summed E-state index contributed by atoms with van der Waals surface area (Å²) in [4.78, 5) is 34.2. The minimum absolute atomic E-state index is 0.0662. The molecule has 0 aliphatic carbocycles. The number of amides is 1. The molecule has 0 radical (unpaired) electrons. The van der Waals surface area contributed by atoms with Crippen LogP contribution in [0.15, 0.2) is 46.3 Å². The standard InChI is InChI=1S/C19H22N4O2S/c1-12(8-9-14-6-4-3-5-7-14)20-16(24)11-26-19-22-15-10-13(2)21-17(15)18(25)23-19/h3-7,10,12,21H,8-9,11H2,1-2H3,(H,20,24)(H,22,23,25)/t12-/m1/s1. The molecule has 136 valence electrons. The van der Waals surface area contributed by atoms with Gasteiger partial charge in [0.1, 0.15) is 5.52 Å². The van der Waals surface area contributed by atoms with E-state index in [4.69, 9.17) is 0 Å². The number of aromatic amines is 2. The summed E-state index contributed by atoms with van der Waals surface area (Å²) in [6.07, 6.45) is 1.80. The first kappa shape index (κ1) is 18.3. The third-order valence-electron chi connectivity index (χ3n) is 4.06. The molecular weight excluding hydrogens is 348 g/mol. The predicted molar refractivity (Wildman–Crippen MR) is 105 cm³/mol. The first-order valence-corrected chi connectivity index (χ1v) is 9.55. The Morgan fingerprint density at radius 2 is 2.04 bits per heavy atom. The smallest absolute Gasteiger partial charge is 0.275 e. The second-order valence-electron chi connectivity index (χ2n) is 6.37. The molecule has 3 rings (SSSR count). The third-order valence-corrected chi connectivity index (χ3v) is 4.93. The molecule has 3 N–H and O–H groups in total. The van der Waals surface area contributed by atoms with Crippen LogP contribution in [0.1, 0.15) is 24.6 Å². The summed E-state index contributed by atoms with van der Waals surface area (Å²) in [7, 11) is 0. The van der Waals surface area contributed by atoms with Crippen LogP contribution in [0.3, 0.4) is 0 Å². The van der Waals surface area contributed by atoms with E-state index < -0.39 is 0 Å². The number of carbonyl (C=O) groups excluding carboxylic acids is 1. The van der Waals surface area contributed by atoms with E-state index in [0.717, 1.165) is 18.5 Å². The monoisotopic (exact) mass is 370 g/mol. The minimum Gasteiger partial charge on any atom is -0.353 e. The van der Waals surface area contributed by atoms with Crippen molar-refractivity contribution in [1.29, 1.82) is 0 Å². The Kier molecular flexibility index (Phi) is 5.78. The van der Waals surface area contributed by atoms with Gasteiger partial charge in [-0.25, -0.2) is 4.98 Å². The lowest BCUT2D eigenvalue weighted by atomic mass is 10.1. The molecule has 3 aromatic rings. The molecule has 0 aliphatic rings. The van der Waals surface area contributed by atoms with Crippen LogP contribution in [0.2, 0.25) is 0 Å². The zero-order valence-corrected chi connectivity index (χ0v) is 15.7. The number of aromatic nitrogens is 3. The second kappa shape index (κ2) is 8.23. The van der Waals surface area contributed by atoms with Crippen LogP contribution >= 0.6 is 11.8 Å². The van der Waals surface area contributed by atoms with Gasteiger partial charge >= 0.3 is 0 Å². The zero-order valence-electron chi connectivity index (χ0n) is 14.8. The van der Waals surface area contributed by atoms with Gasteiger partial charge in [-0.05, 0) is 38.3 Å². The quantitative estimate of drug-likeness (QED) is 0.441. The maximum Gasteiger partial charge on any atom is 0.275 e. The zero-order chi connectivity index (χ0) is 18.5. The Morgan fingerprint density at radius 1 is 1.27 bits per heavy atom.